The molecule has 1 aromatic heterocycles. The molecule has 5 nitrogen and oxygen atoms in total. The van der Waals surface area contributed by atoms with Crippen LogP contribution in [0.15, 0.2) is 24.5 Å². The predicted octanol–water partition coefficient (Wildman–Crippen LogP) is 2.13. The number of nitrogens with zero attached hydrogens (tertiary/aromatic N) is 2. The summed E-state index contributed by atoms with van der Waals surface area (Å²) in [7, 11) is 0. The lowest BCUT2D eigenvalue weighted by Gasteiger charge is -2.06. The lowest BCUT2D eigenvalue weighted by atomic mass is 10.1. The molecule has 0 aliphatic heterocycles. The molecular weight excluding hydrogens is 264 g/mol. The third-order valence-corrected chi connectivity index (χ3v) is 3.02. The van der Waals surface area contributed by atoms with Crippen molar-refractivity contribution >= 4 is 17.5 Å². The summed E-state index contributed by atoms with van der Waals surface area (Å²) in [5, 5.41) is 9.86. The summed E-state index contributed by atoms with van der Waals surface area (Å²) >= 11 is 6.03. The van der Waals surface area contributed by atoms with Gasteiger partial charge in [0.25, 0.3) is 5.91 Å². The Kier molecular flexibility index (Phi) is 4.52. The number of carbonyl (C=O) groups is 1. The van der Waals surface area contributed by atoms with Crippen molar-refractivity contribution in [3.63, 3.8) is 0 Å². The van der Waals surface area contributed by atoms with Gasteiger partial charge in [0.2, 0.25) is 0 Å². The van der Waals surface area contributed by atoms with Gasteiger partial charge >= 0.3 is 0 Å². The van der Waals surface area contributed by atoms with E-state index in [9.17, 15) is 4.79 Å². The SMILES string of the molecule is Cc1ccc(C(=O)NCCCc2ncn[nH]2)c(Cl)c1. The molecule has 0 radical (unpaired) electrons. The summed E-state index contributed by atoms with van der Waals surface area (Å²) < 4.78 is 0. The Morgan fingerprint density at radius 1 is 1.47 bits per heavy atom. The number of rotatable bonds is 5. The van der Waals surface area contributed by atoms with Gasteiger partial charge in [-0.3, -0.25) is 9.89 Å². The first-order valence-corrected chi connectivity index (χ1v) is 6.43. The van der Waals surface area contributed by atoms with Crippen LogP contribution in [0.25, 0.3) is 0 Å². The Labute approximate surface area is 116 Å². The van der Waals surface area contributed by atoms with Crippen molar-refractivity contribution in [3.8, 4) is 0 Å². The second kappa shape index (κ2) is 6.33. The summed E-state index contributed by atoms with van der Waals surface area (Å²) in [4.78, 5) is 15.9. The van der Waals surface area contributed by atoms with E-state index in [-0.39, 0.29) is 5.91 Å². The van der Waals surface area contributed by atoms with Crippen LogP contribution in [0.5, 0.6) is 0 Å². The van der Waals surface area contributed by atoms with Gasteiger partial charge in [0.1, 0.15) is 12.2 Å². The fourth-order valence-corrected chi connectivity index (χ4v) is 2.03. The Morgan fingerprint density at radius 2 is 2.32 bits per heavy atom. The number of carbonyl (C=O) groups excluding carboxylic acids is 1. The standard InChI is InChI=1S/C13H15ClN4O/c1-9-4-5-10(11(14)7-9)13(19)15-6-2-3-12-16-8-17-18-12/h4-5,7-8H,2-3,6H2,1H3,(H,15,19)(H,16,17,18). The van der Waals surface area contributed by atoms with Crippen molar-refractivity contribution in [1.29, 1.82) is 0 Å². The molecule has 0 aliphatic carbocycles. The van der Waals surface area contributed by atoms with Gasteiger partial charge in [-0.15, -0.1) is 0 Å². The normalized spacial score (nSPS) is 10.4. The molecule has 1 aromatic carbocycles. The molecule has 0 spiro atoms. The smallest absolute Gasteiger partial charge is 0.252 e. The number of aryl methyl sites for hydroxylation is 2. The lowest BCUT2D eigenvalue weighted by molar-refractivity contribution is 0.0953. The maximum Gasteiger partial charge on any atom is 0.252 e. The number of hydrogen-bond donors (Lipinski definition) is 2. The van der Waals surface area contributed by atoms with Crippen LogP contribution in [0.4, 0.5) is 0 Å². The molecular formula is C13H15ClN4O. The molecule has 19 heavy (non-hydrogen) atoms. The van der Waals surface area contributed by atoms with E-state index in [2.05, 4.69) is 20.5 Å². The number of amides is 1. The number of halogens is 1. The summed E-state index contributed by atoms with van der Waals surface area (Å²) in [5.74, 6) is 0.671. The summed E-state index contributed by atoms with van der Waals surface area (Å²) in [6.45, 7) is 2.51. The van der Waals surface area contributed by atoms with Gasteiger partial charge in [-0.2, -0.15) is 5.10 Å². The zero-order valence-electron chi connectivity index (χ0n) is 10.6. The first-order chi connectivity index (χ1) is 9.16. The zero-order chi connectivity index (χ0) is 13.7. The van der Waals surface area contributed by atoms with Crippen molar-refractivity contribution in [2.24, 2.45) is 0 Å². The number of hydrogen-bond acceptors (Lipinski definition) is 3. The molecule has 100 valence electrons. The second-order valence-corrected chi connectivity index (χ2v) is 4.68. The van der Waals surface area contributed by atoms with Crippen molar-refractivity contribution in [3.05, 3.63) is 46.5 Å². The number of nitrogens with one attached hydrogen (secondary N) is 2. The Hall–Kier alpha value is -1.88. The monoisotopic (exact) mass is 278 g/mol. The fraction of sp³-hybridized carbons (Fsp3) is 0.308. The van der Waals surface area contributed by atoms with E-state index in [1.54, 1.807) is 12.1 Å². The molecule has 6 heteroatoms. The van der Waals surface area contributed by atoms with E-state index in [0.717, 1.165) is 24.2 Å². The molecule has 0 saturated heterocycles. The van der Waals surface area contributed by atoms with Crippen LogP contribution in [-0.4, -0.2) is 27.6 Å². The van der Waals surface area contributed by atoms with Crippen molar-refractivity contribution in [1.82, 2.24) is 20.5 Å². The molecule has 0 bridgehead atoms. The Bertz CT molecular complexity index is 554. The Balaban J connectivity index is 1.81. The van der Waals surface area contributed by atoms with Crippen molar-refractivity contribution in [2.75, 3.05) is 6.54 Å². The van der Waals surface area contributed by atoms with Crippen LogP contribution in [-0.2, 0) is 6.42 Å². The highest BCUT2D eigenvalue weighted by atomic mass is 35.5. The molecule has 2 N–H and O–H groups in total. The highest BCUT2D eigenvalue weighted by Gasteiger charge is 2.09. The predicted molar refractivity (Wildman–Crippen MR) is 73.2 cm³/mol. The van der Waals surface area contributed by atoms with E-state index < -0.39 is 0 Å². The molecule has 0 saturated carbocycles. The quantitative estimate of drug-likeness (QED) is 0.823. The van der Waals surface area contributed by atoms with Crippen LogP contribution < -0.4 is 5.32 Å². The third kappa shape index (κ3) is 3.79. The number of H-pyrrole nitrogens is 1. The highest BCUT2D eigenvalue weighted by molar-refractivity contribution is 6.33. The highest BCUT2D eigenvalue weighted by Crippen LogP contribution is 2.17. The van der Waals surface area contributed by atoms with E-state index in [1.807, 2.05) is 13.0 Å². The van der Waals surface area contributed by atoms with Gasteiger partial charge in [-0.25, -0.2) is 4.98 Å². The number of benzene rings is 1. The van der Waals surface area contributed by atoms with Gasteiger partial charge < -0.3 is 5.32 Å². The summed E-state index contributed by atoms with van der Waals surface area (Å²) in [6.07, 6.45) is 3.02. The molecule has 1 amide bonds. The van der Waals surface area contributed by atoms with Gasteiger partial charge in [0.15, 0.2) is 0 Å². The van der Waals surface area contributed by atoms with Gasteiger partial charge in [0, 0.05) is 13.0 Å². The average molecular weight is 279 g/mol. The third-order valence-electron chi connectivity index (χ3n) is 2.71. The number of aromatic amines is 1. The fourth-order valence-electron chi connectivity index (χ4n) is 1.71. The minimum atomic E-state index is -0.150. The first kappa shape index (κ1) is 13.5. The van der Waals surface area contributed by atoms with Gasteiger partial charge in [-0.05, 0) is 31.0 Å². The van der Waals surface area contributed by atoms with E-state index in [4.69, 9.17) is 11.6 Å². The topological polar surface area (TPSA) is 70.7 Å². The van der Waals surface area contributed by atoms with Gasteiger partial charge in [0.05, 0.1) is 10.6 Å². The molecule has 1 heterocycles. The zero-order valence-corrected chi connectivity index (χ0v) is 11.4. The lowest BCUT2D eigenvalue weighted by Crippen LogP contribution is -2.25. The largest absolute Gasteiger partial charge is 0.352 e. The van der Waals surface area contributed by atoms with Crippen LogP contribution in [0.3, 0.4) is 0 Å². The molecule has 0 atom stereocenters. The van der Waals surface area contributed by atoms with Crippen molar-refractivity contribution in [2.45, 2.75) is 19.8 Å². The van der Waals surface area contributed by atoms with Crippen LogP contribution in [0, 0.1) is 6.92 Å². The minimum Gasteiger partial charge on any atom is -0.352 e. The summed E-state index contributed by atoms with van der Waals surface area (Å²) in [5.41, 5.74) is 1.54. The summed E-state index contributed by atoms with van der Waals surface area (Å²) in [6, 6.07) is 5.39. The molecule has 2 aromatic rings. The van der Waals surface area contributed by atoms with Crippen LogP contribution in [0.1, 0.15) is 28.2 Å². The first-order valence-electron chi connectivity index (χ1n) is 6.05. The molecule has 2 rings (SSSR count). The number of aromatic nitrogens is 3. The van der Waals surface area contributed by atoms with Crippen LogP contribution >= 0.6 is 11.6 Å². The maximum atomic E-state index is 11.9. The van der Waals surface area contributed by atoms with E-state index >= 15 is 0 Å². The average Bonchev–Trinajstić information content (AvgIpc) is 2.87. The molecule has 0 fully saturated rings. The van der Waals surface area contributed by atoms with Crippen molar-refractivity contribution < 1.29 is 4.79 Å². The molecule has 0 aliphatic rings. The van der Waals surface area contributed by atoms with E-state index in [0.29, 0.717) is 17.1 Å². The van der Waals surface area contributed by atoms with E-state index in [1.165, 1.54) is 6.33 Å². The maximum absolute atomic E-state index is 11.9. The minimum absolute atomic E-state index is 0.150. The molecule has 0 unspecified atom stereocenters. The van der Waals surface area contributed by atoms with Gasteiger partial charge in [-0.1, -0.05) is 17.7 Å². The Morgan fingerprint density at radius 3 is 3.00 bits per heavy atom. The second-order valence-electron chi connectivity index (χ2n) is 4.27. The van der Waals surface area contributed by atoms with Crippen LogP contribution in [0.2, 0.25) is 5.02 Å².